The summed E-state index contributed by atoms with van der Waals surface area (Å²) in [5.41, 5.74) is 2.58. The molecule has 0 spiro atoms. The fourth-order valence-corrected chi connectivity index (χ4v) is 3.79. The van der Waals surface area contributed by atoms with Crippen LogP contribution in [0.2, 0.25) is 0 Å². The number of amides is 1. The smallest absolute Gasteiger partial charge is 0.276 e. The van der Waals surface area contributed by atoms with Gasteiger partial charge < -0.3 is 4.90 Å². The van der Waals surface area contributed by atoms with E-state index in [1.54, 1.807) is 16.0 Å². The molecule has 1 fully saturated rings. The minimum absolute atomic E-state index is 0.0726. The predicted molar refractivity (Wildman–Crippen MR) is 85.9 cm³/mol. The van der Waals surface area contributed by atoms with Gasteiger partial charge in [-0.1, -0.05) is 19.3 Å². The Kier molecular flexibility index (Phi) is 4.10. The summed E-state index contributed by atoms with van der Waals surface area (Å²) in [6.07, 6.45) is 5.90. The average Bonchev–Trinajstić information content (AvgIpc) is 3.10. The van der Waals surface area contributed by atoms with Crippen molar-refractivity contribution in [1.82, 2.24) is 9.78 Å². The third kappa shape index (κ3) is 2.88. The Bertz CT molecular complexity index is 612. The number of aryl methyl sites for hydroxylation is 2. The lowest BCUT2D eigenvalue weighted by atomic mass is 9.93. The second kappa shape index (κ2) is 6.02. The number of carbonyl (C=O) groups is 1. The molecule has 4 nitrogen and oxygen atoms in total. The lowest BCUT2D eigenvalue weighted by Gasteiger charge is -2.33. The Morgan fingerprint density at radius 2 is 2.14 bits per heavy atom. The van der Waals surface area contributed by atoms with E-state index < -0.39 is 0 Å². The second-order valence-corrected chi connectivity index (χ2v) is 6.52. The van der Waals surface area contributed by atoms with Gasteiger partial charge in [0.2, 0.25) is 0 Å². The minimum atomic E-state index is 0.0726. The molecule has 0 saturated heterocycles. The number of carbonyl (C=O) groups excluding carboxylic acids is 1. The van der Waals surface area contributed by atoms with Crippen LogP contribution in [-0.4, -0.2) is 21.7 Å². The summed E-state index contributed by atoms with van der Waals surface area (Å²) in [6.45, 7) is 1.92. The Balaban J connectivity index is 1.95. The van der Waals surface area contributed by atoms with Gasteiger partial charge >= 0.3 is 0 Å². The Morgan fingerprint density at radius 1 is 1.38 bits per heavy atom. The van der Waals surface area contributed by atoms with E-state index in [0.29, 0.717) is 11.7 Å². The lowest BCUT2D eigenvalue weighted by Crippen LogP contribution is -2.42. The van der Waals surface area contributed by atoms with Crippen molar-refractivity contribution in [2.75, 3.05) is 4.90 Å². The van der Waals surface area contributed by atoms with E-state index in [9.17, 15) is 4.79 Å². The average molecular weight is 303 g/mol. The number of anilines is 1. The molecule has 0 unspecified atom stereocenters. The van der Waals surface area contributed by atoms with Crippen LogP contribution in [0.4, 0.5) is 5.69 Å². The maximum absolute atomic E-state index is 13.0. The Hall–Kier alpha value is -1.62. The van der Waals surface area contributed by atoms with Crippen LogP contribution >= 0.6 is 11.3 Å². The molecule has 5 heteroatoms. The molecule has 2 aromatic heterocycles. The summed E-state index contributed by atoms with van der Waals surface area (Å²) in [5, 5.41) is 8.41. The molecule has 1 saturated carbocycles. The summed E-state index contributed by atoms with van der Waals surface area (Å²) >= 11 is 1.64. The van der Waals surface area contributed by atoms with Crippen molar-refractivity contribution in [1.29, 1.82) is 0 Å². The van der Waals surface area contributed by atoms with E-state index in [-0.39, 0.29) is 5.91 Å². The third-order valence-corrected chi connectivity index (χ3v) is 4.83. The van der Waals surface area contributed by atoms with Gasteiger partial charge in [-0.15, -0.1) is 0 Å². The van der Waals surface area contributed by atoms with Crippen molar-refractivity contribution in [2.45, 2.75) is 45.1 Å². The number of hydrogen-bond donors (Lipinski definition) is 0. The van der Waals surface area contributed by atoms with Crippen molar-refractivity contribution >= 4 is 22.9 Å². The van der Waals surface area contributed by atoms with E-state index in [2.05, 4.69) is 10.5 Å². The van der Waals surface area contributed by atoms with E-state index in [1.165, 1.54) is 19.3 Å². The van der Waals surface area contributed by atoms with Crippen molar-refractivity contribution in [3.8, 4) is 0 Å². The quantitative estimate of drug-likeness (QED) is 0.865. The van der Waals surface area contributed by atoms with Crippen LogP contribution in [0.3, 0.4) is 0 Å². The summed E-state index contributed by atoms with van der Waals surface area (Å²) < 4.78 is 1.69. The molecule has 0 bridgehead atoms. The molecular weight excluding hydrogens is 282 g/mol. The van der Waals surface area contributed by atoms with Crippen molar-refractivity contribution < 1.29 is 4.79 Å². The molecule has 3 rings (SSSR count). The van der Waals surface area contributed by atoms with Gasteiger partial charge in [0.25, 0.3) is 5.91 Å². The summed E-state index contributed by atoms with van der Waals surface area (Å²) in [4.78, 5) is 15.0. The first-order valence-corrected chi connectivity index (χ1v) is 8.47. The van der Waals surface area contributed by atoms with Gasteiger partial charge in [-0.2, -0.15) is 16.4 Å². The maximum Gasteiger partial charge on any atom is 0.276 e. The Morgan fingerprint density at radius 3 is 2.71 bits per heavy atom. The highest BCUT2D eigenvalue weighted by atomic mass is 32.1. The molecule has 0 radical (unpaired) electrons. The normalized spacial score (nSPS) is 16.1. The van der Waals surface area contributed by atoms with E-state index in [4.69, 9.17) is 0 Å². The number of rotatable bonds is 3. The number of thiophene rings is 1. The van der Waals surface area contributed by atoms with Gasteiger partial charge in [0.15, 0.2) is 0 Å². The molecule has 0 aliphatic heterocycles. The predicted octanol–water partition coefficient (Wildman–Crippen LogP) is 3.77. The molecule has 0 atom stereocenters. The fraction of sp³-hybridized carbons (Fsp3) is 0.500. The van der Waals surface area contributed by atoms with Crippen LogP contribution in [0.15, 0.2) is 22.9 Å². The van der Waals surface area contributed by atoms with Crippen LogP contribution in [0, 0.1) is 6.92 Å². The van der Waals surface area contributed by atoms with E-state index in [0.717, 1.165) is 24.2 Å². The monoisotopic (exact) mass is 303 g/mol. The molecule has 0 N–H and O–H groups in total. The van der Waals surface area contributed by atoms with Gasteiger partial charge in [0, 0.05) is 18.5 Å². The number of aromatic nitrogens is 2. The Labute approximate surface area is 129 Å². The van der Waals surface area contributed by atoms with Crippen molar-refractivity contribution in [3.05, 3.63) is 34.3 Å². The van der Waals surface area contributed by atoms with Crippen molar-refractivity contribution in [3.63, 3.8) is 0 Å². The summed E-state index contributed by atoms with van der Waals surface area (Å²) in [6, 6.07) is 4.24. The molecule has 2 aromatic rings. The van der Waals surface area contributed by atoms with Gasteiger partial charge in [-0.25, -0.2) is 0 Å². The largest absolute Gasteiger partial charge is 0.303 e. The highest BCUT2D eigenvalue weighted by molar-refractivity contribution is 7.08. The highest BCUT2D eigenvalue weighted by Crippen LogP contribution is 2.30. The van der Waals surface area contributed by atoms with Gasteiger partial charge in [0.05, 0.1) is 11.4 Å². The SMILES string of the molecule is Cc1cc(C(=O)N(c2ccsc2)C2CCCCC2)n(C)n1. The first kappa shape index (κ1) is 14.3. The molecule has 1 aliphatic carbocycles. The lowest BCUT2D eigenvalue weighted by molar-refractivity contribution is 0.0961. The molecule has 1 amide bonds. The van der Waals surface area contributed by atoms with Crippen LogP contribution in [-0.2, 0) is 7.05 Å². The highest BCUT2D eigenvalue weighted by Gasteiger charge is 2.29. The standard InChI is InChI=1S/C16H21N3OS/c1-12-10-15(18(2)17-12)16(20)19(14-8-9-21-11-14)13-6-4-3-5-7-13/h8-11,13H,3-7H2,1-2H3. The number of nitrogens with zero attached hydrogens (tertiary/aromatic N) is 3. The topological polar surface area (TPSA) is 38.1 Å². The molecule has 0 aromatic carbocycles. The molecule has 21 heavy (non-hydrogen) atoms. The minimum Gasteiger partial charge on any atom is -0.303 e. The second-order valence-electron chi connectivity index (χ2n) is 5.74. The van der Waals surface area contributed by atoms with Gasteiger partial charge in [-0.05, 0) is 37.3 Å². The maximum atomic E-state index is 13.0. The zero-order chi connectivity index (χ0) is 14.8. The van der Waals surface area contributed by atoms with Crippen LogP contribution in [0.5, 0.6) is 0 Å². The zero-order valence-corrected chi connectivity index (χ0v) is 13.4. The van der Waals surface area contributed by atoms with Crippen LogP contribution in [0.1, 0.15) is 48.3 Å². The first-order valence-electron chi connectivity index (χ1n) is 7.53. The third-order valence-electron chi connectivity index (χ3n) is 4.16. The molecule has 2 heterocycles. The fourth-order valence-electron chi connectivity index (χ4n) is 3.16. The van der Waals surface area contributed by atoms with Gasteiger partial charge in [-0.3, -0.25) is 9.48 Å². The van der Waals surface area contributed by atoms with E-state index in [1.807, 2.05) is 36.4 Å². The zero-order valence-electron chi connectivity index (χ0n) is 12.6. The first-order chi connectivity index (χ1) is 10.2. The molecular formula is C16H21N3OS. The van der Waals surface area contributed by atoms with Gasteiger partial charge in [0.1, 0.15) is 5.69 Å². The van der Waals surface area contributed by atoms with Crippen molar-refractivity contribution in [2.24, 2.45) is 7.05 Å². The van der Waals surface area contributed by atoms with Crippen LogP contribution in [0.25, 0.3) is 0 Å². The summed E-state index contributed by atoms with van der Waals surface area (Å²) in [5.74, 6) is 0.0726. The molecule has 112 valence electrons. The van der Waals surface area contributed by atoms with E-state index >= 15 is 0 Å². The number of hydrogen-bond acceptors (Lipinski definition) is 3. The molecule has 1 aliphatic rings. The van der Waals surface area contributed by atoms with Crippen LogP contribution < -0.4 is 4.90 Å². The summed E-state index contributed by atoms with van der Waals surface area (Å²) in [7, 11) is 1.84.